The van der Waals surface area contributed by atoms with E-state index in [2.05, 4.69) is 18.7 Å². The Hall–Kier alpha value is -3.26. The fourth-order valence-corrected chi connectivity index (χ4v) is 4.36. The fraction of sp³-hybridized carbons (Fsp3) is 0.304. The van der Waals surface area contributed by atoms with E-state index in [1.54, 1.807) is 11.6 Å². The Labute approximate surface area is 164 Å². The van der Waals surface area contributed by atoms with Gasteiger partial charge in [0.15, 0.2) is 0 Å². The maximum absolute atomic E-state index is 13.3. The van der Waals surface area contributed by atoms with E-state index >= 15 is 0 Å². The Balaban J connectivity index is 1.97. The molecule has 2 N–H and O–H groups in total. The first-order chi connectivity index (χ1) is 13.4. The lowest BCUT2D eigenvalue weighted by Crippen LogP contribution is -2.31. The number of pyridine rings is 1. The van der Waals surface area contributed by atoms with Gasteiger partial charge in [-0.05, 0) is 44.2 Å². The van der Waals surface area contributed by atoms with Crippen molar-refractivity contribution in [3.63, 3.8) is 0 Å². The fourth-order valence-electron chi connectivity index (χ4n) is 4.36. The summed E-state index contributed by atoms with van der Waals surface area (Å²) in [7, 11) is 1.75. The normalized spacial score (nSPS) is 21.5. The molecule has 2 heterocycles. The molecule has 0 saturated heterocycles. The third-order valence-electron chi connectivity index (χ3n) is 5.98. The molecule has 5 nitrogen and oxygen atoms in total. The number of nitrogens with two attached hydrogens (primary N) is 1. The van der Waals surface area contributed by atoms with E-state index in [1.807, 2.05) is 31.2 Å². The SMILES string of the molecule is C=C(C)[C@@H]1CC=C([C@@H]2C(C#N)=C(N)Oc3c2c(=O)n(C)c2ccccc32)CC1. The number of nitriles is 1. The van der Waals surface area contributed by atoms with Crippen LogP contribution in [0.2, 0.25) is 0 Å². The standard InChI is InChI=1S/C23H23N3O2/c1-13(2)14-8-10-15(11-9-14)19-17(12-24)22(25)28-21-16-6-4-5-7-18(16)26(3)23(27)20(19)21/h4-7,10,14,19H,1,8-9,11,25H2,2-3H3/t14-,19-/m1/s1. The maximum atomic E-state index is 13.3. The number of nitrogens with zero attached hydrogens (tertiary/aromatic N) is 2. The van der Waals surface area contributed by atoms with Gasteiger partial charge in [-0.25, -0.2) is 0 Å². The summed E-state index contributed by atoms with van der Waals surface area (Å²) in [6, 6.07) is 9.78. The van der Waals surface area contributed by atoms with Crippen LogP contribution in [0.3, 0.4) is 0 Å². The predicted molar refractivity (Wildman–Crippen MR) is 110 cm³/mol. The quantitative estimate of drug-likeness (QED) is 0.807. The molecule has 1 aliphatic heterocycles. The average Bonchev–Trinajstić information content (AvgIpc) is 2.71. The largest absolute Gasteiger partial charge is 0.439 e. The molecule has 0 amide bonds. The average molecular weight is 373 g/mol. The second kappa shape index (κ2) is 6.72. The zero-order valence-corrected chi connectivity index (χ0v) is 16.2. The molecule has 2 aliphatic rings. The number of allylic oxidation sites excluding steroid dienone is 4. The minimum Gasteiger partial charge on any atom is -0.439 e. The number of rotatable bonds is 2. The van der Waals surface area contributed by atoms with Crippen LogP contribution >= 0.6 is 0 Å². The molecule has 4 rings (SSSR count). The summed E-state index contributed by atoms with van der Waals surface area (Å²) < 4.78 is 7.47. The summed E-state index contributed by atoms with van der Waals surface area (Å²) in [4.78, 5) is 13.3. The lowest BCUT2D eigenvalue weighted by atomic mass is 9.75. The molecule has 5 heteroatoms. The summed E-state index contributed by atoms with van der Waals surface area (Å²) >= 11 is 0. The number of aryl methyl sites for hydroxylation is 1. The van der Waals surface area contributed by atoms with Crippen LogP contribution in [0.15, 0.2) is 64.3 Å². The van der Waals surface area contributed by atoms with Crippen LogP contribution in [0, 0.1) is 17.2 Å². The van der Waals surface area contributed by atoms with Gasteiger partial charge in [-0.15, -0.1) is 0 Å². The van der Waals surface area contributed by atoms with Crippen LogP contribution in [-0.2, 0) is 7.05 Å². The van der Waals surface area contributed by atoms with Crippen molar-refractivity contribution in [2.45, 2.75) is 32.1 Å². The molecule has 142 valence electrons. The monoisotopic (exact) mass is 373 g/mol. The Morgan fingerprint density at radius 2 is 2.14 bits per heavy atom. The first-order valence-corrected chi connectivity index (χ1v) is 9.47. The Morgan fingerprint density at radius 3 is 2.79 bits per heavy atom. The highest BCUT2D eigenvalue weighted by Crippen LogP contribution is 2.46. The van der Waals surface area contributed by atoms with Gasteiger partial charge in [0.1, 0.15) is 17.4 Å². The van der Waals surface area contributed by atoms with Crippen LogP contribution in [0.1, 0.15) is 37.7 Å². The van der Waals surface area contributed by atoms with E-state index in [9.17, 15) is 10.1 Å². The highest BCUT2D eigenvalue weighted by molar-refractivity contribution is 5.88. The molecule has 0 fully saturated rings. The van der Waals surface area contributed by atoms with Crippen LogP contribution in [0.4, 0.5) is 0 Å². The van der Waals surface area contributed by atoms with Crippen LogP contribution in [0.5, 0.6) is 5.75 Å². The van der Waals surface area contributed by atoms with Crippen LogP contribution in [0.25, 0.3) is 10.9 Å². The van der Waals surface area contributed by atoms with Crippen molar-refractivity contribution in [2.24, 2.45) is 18.7 Å². The number of benzene rings is 1. The van der Waals surface area contributed by atoms with Crippen molar-refractivity contribution >= 4 is 10.9 Å². The van der Waals surface area contributed by atoms with Crippen LogP contribution in [-0.4, -0.2) is 4.57 Å². The third kappa shape index (κ3) is 2.65. The van der Waals surface area contributed by atoms with E-state index < -0.39 is 5.92 Å². The Bertz CT molecular complexity index is 1160. The molecule has 0 unspecified atom stereocenters. The van der Waals surface area contributed by atoms with Gasteiger partial charge in [0.2, 0.25) is 5.88 Å². The summed E-state index contributed by atoms with van der Waals surface area (Å²) in [5.41, 5.74) is 9.82. The number of hydrogen-bond acceptors (Lipinski definition) is 4. The van der Waals surface area contributed by atoms with Crippen molar-refractivity contribution in [1.82, 2.24) is 4.57 Å². The van der Waals surface area contributed by atoms with E-state index in [-0.39, 0.29) is 11.4 Å². The molecule has 2 atom stereocenters. The van der Waals surface area contributed by atoms with Gasteiger partial charge in [0.05, 0.1) is 17.0 Å². The predicted octanol–water partition coefficient (Wildman–Crippen LogP) is 4.01. The van der Waals surface area contributed by atoms with Gasteiger partial charge in [0, 0.05) is 12.4 Å². The van der Waals surface area contributed by atoms with Gasteiger partial charge in [-0.1, -0.05) is 35.9 Å². The maximum Gasteiger partial charge on any atom is 0.258 e. The summed E-state index contributed by atoms with van der Waals surface area (Å²) in [6.07, 6.45) is 4.78. The number of fused-ring (bicyclic) bond motifs is 3. The molecule has 2 aromatic rings. The number of hydrogen-bond donors (Lipinski definition) is 1. The lowest BCUT2D eigenvalue weighted by Gasteiger charge is -2.31. The molecule has 0 radical (unpaired) electrons. The lowest BCUT2D eigenvalue weighted by molar-refractivity contribution is 0.392. The Morgan fingerprint density at radius 1 is 1.39 bits per heavy atom. The zero-order chi connectivity index (χ0) is 20.0. The molecule has 0 saturated carbocycles. The molecular weight excluding hydrogens is 350 g/mol. The van der Waals surface area contributed by atoms with Gasteiger partial charge >= 0.3 is 0 Å². The minimum atomic E-state index is -0.455. The van der Waals surface area contributed by atoms with Crippen LogP contribution < -0.4 is 16.0 Å². The second-order valence-electron chi connectivity index (χ2n) is 7.65. The van der Waals surface area contributed by atoms with Gasteiger partial charge in [-0.3, -0.25) is 4.79 Å². The molecule has 1 aromatic heterocycles. The summed E-state index contributed by atoms with van der Waals surface area (Å²) in [5.74, 6) is 0.543. The summed E-state index contributed by atoms with van der Waals surface area (Å²) in [6.45, 7) is 6.12. The second-order valence-corrected chi connectivity index (χ2v) is 7.65. The molecule has 0 spiro atoms. The first-order valence-electron chi connectivity index (χ1n) is 9.47. The topological polar surface area (TPSA) is 81.0 Å². The van der Waals surface area contributed by atoms with Crippen molar-refractivity contribution < 1.29 is 4.74 Å². The highest BCUT2D eigenvalue weighted by Gasteiger charge is 2.37. The smallest absolute Gasteiger partial charge is 0.258 e. The Kier molecular flexibility index (Phi) is 4.35. The third-order valence-corrected chi connectivity index (χ3v) is 5.98. The van der Waals surface area contributed by atoms with Gasteiger partial charge in [-0.2, -0.15) is 5.26 Å². The number of ether oxygens (including phenoxy) is 1. The van der Waals surface area contributed by atoms with Crippen molar-refractivity contribution in [2.75, 3.05) is 0 Å². The highest BCUT2D eigenvalue weighted by atomic mass is 16.5. The number of aromatic nitrogens is 1. The van der Waals surface area contributed by atoms with Gasteiger partial charge in [0.25, 0.3) is 5.56 Å². The molecule has 0 bridgehead atoms. The first kappa shape index (κ1) is 18.1. The van der Waals surface area contributed by atoms with E-state index in [1.165, 1.54) is 5.57 Å². The molecular formula is C23H23N3O2. The van der Waals surface area contributed by atoms with E-state index in [0.29, 0.717) is 22.8 Å². The van der Waals surface area contributed by atoms with Crippen molar-refractivity contribution in [3.8, 4) is 11.8 Å². The van der Waals surface area contributed by atoms with Crippen molar-refractivity contribution in [3.05, 3.63) is 75.4 Å². The van der Waals surface area contributed by atoms with Gasteiger partial charge < -0.3 is 15.0 Å². The minimum absolute atomic E-state index is 0.0846. The van der Waals surface area contributed by atoms with E-state index in [4.69, 9.17) is 10.5 Å². The molecule has 1 aliphatic carbocycles. The van der Waals surface area contributed by atoms with Crippen molar-refractivity contribution in [1.29, 1.82) is 5.26 Å². The zero-order valence-electron chi connectivity index (χ0n) is 16.2. The molecule has 1 aromatic carbocycles. The summed E-state index contributed by atoms with van der Waals surface area (Å²) in [5, 5.41) is 10.6. The number of para-hydroxylation sites is 1. The molecule has 28 heavy (non-hydrogen) atoms. The van der Waals surface area contributed by atoms with E-state index in [0.717, 1.165) is 35.7 Å².